The molecule has 88 valence electrons. The van der Waals surface area contributed by atoms with Crippen LogP contribution in [-0.2, 0) is 4.79 Å². The molecule has 3 N–H and O–H groups in total. The molecule has 0 aromatic heterocycles. The Morgan fingerprint density at radius 3 is 2.53 bits per heavy atom. The molecule has 0 aliphatic carbocycles. The molecule has 1 amide bonds. The lowest BCUT2D eigenvalue weighted by atomic mass is 9.97. The summed E-state index contributed by atoms with van der Waals surface area (Å²) in [5, 5.41) is 0. The first-order valence-electron chi connectivity index (χ1n) is 5.90. The second kappa shape index (κ2) is 6.08. The molecule has 15 heavy (non-hydrogen) atoms. The van der Waals surface area contributed by atoms with Crippen LogP contribution < -0.4 is 11.3 Å². The van der Waals surface area contributed by atoms with Gasteiger partial charge < -0.3 is 0 Å². The van der Waals surface area contributed by atoms with Gasteiger partial charge in [-0.1, -0.05) is 6.42 Å². The first-order valence-corrected chi connectivity index (χ1v) is 5.90. The molecule has 0 unspecified atom stereocenters. The van der Waals surface area contributed by atoms with Gasteiger partial charge in [0.05, 0.1) is 0 Å². The Bertz CT molecular complexity index is 198. The first kappa shape index (κ1) is 12.5. The van der Waals surface area contributed by atoms with Crippen molar-refractivity contribution in [3.8, 4) is 0 Å². The van der Waals surface area contributed by atoms with Gasteiger partial charge in [-0.15, -0.1) is 0 Å². The van der Waals surface area contributed by atoms with Crippen LogP contribution in [-0.4, -0.2) is 29.4 Å². The van der Waals surface area contributed by atoms with Gasteiger partial charge >= 0.3 is 0 Å². The van der Waals surface area contributed by atoms with E-state index in [2.05, 4.69) is 24.2 Å². The molecule has 4 heteroatoms. The summed E-state index contributed by atoms with van der Waals surface area (Å²) >= 11 is 0. The molecule has 0 bridgehead atoms. The summed E-state index contributed by atoms with van der Waals surface area (Å²) < 4.78 is 0. The van der Waals surface area contributed by atoms with Crippen molar-refractivity contribution in [1.82, 2.24) is 10.3 Å². The van der Waals surface area contributed by atoms with Crippen molar-refractivity contribution < 1.29 is 4.79 Å². The van der Waals surface area contributed by atoms with Crippen molar-refractivity contribution in [3.05, 3.63) is 0 Å². The maximum Gasteiger partial charge on any atom is 0.233 e. The van der Waals surface area contributed by atoms with Crippen molar-refractivity contribution in [3.63, 3.8) is 0 Å². The highest BCUT2D eigenvalue weighted by atomic mass is 16.2. The van der Waals surface area contributed by atoms with Gasteiger partial charge in [0.2, 0.25) is 5.91 Å². The maximum absolute atomic E-state index is 11.0. The predicted molar refractivity (Wildman–Crippen MR) is 61.0 cm³/mol. The van der Waals surface area contributed by atoms with E-state index in [1.807, 2.05) is 0 Å². The van der Waals surface area contributed by atoms with Gasteiger partial charge in [0.25, 0.3) is 0 Å². The largest absolute Gasteiger partial charge is 0.298 e. The summed E-state index contributed by atoms with van der Waals surface area (Å²) in [7, 11) is 0. The highest BCUT2D eigenvalue weighted by Gasteiger charge is 2.23. The number of hydrazine groups is 1. The number of nitrogens with one attached hydrogen (secondary N) is 1. The molecule has 1 heterocycles. The number of nitrogens with zero attached hydrogens (tertiary/aromatic N) is 1. The van der Waals surface area contributed by atoms with E-state index in [0.29, 0.717) is 18.5 Å². The van der Waals surface area contributed by atoms with Crippen LogP contribution in [0.1, 0.15) is 46.0 Å². The van der Waals surface area contributed by atoms with Crippen molar-refractivity contribution in [2.24, 2.45) is 5.84 Å². The van der Waals surface area contributed by atoms with Gasteiger partial charge in [-0.05, 0) is 39.7 Å². The minimum atomic E-state index is -0.0627. The number of amides is 1. The zero-order chi connectivity index (χ0) is 11.3. The normalized spacial score (nSPS) is 27.7. The fraction of sp³-hybridized carbons (Fsp3) is 0.909. The lowest BCUT2D eigenvalue weighted by Crippen LogP contribution is -2.44. The highest BCUT2D eigenvalue weighted by Crippen LogP contribution is 2.22. The molecule has 2 atom stereocenters. The van der Waals surface area contributed by atoms with Crippen LogP contribution in [0, 0.1) is 0 Å². The summed E-state index contributed by atoms with van der Waals surface area (Å²) in [6.07, 6.45) is 5.34. The molecule has 1 fully saturated rings. The van der Waals surface area contributed by atoms with Crippen LogP contribution in [0.5, 0.6) is 0 Å². The van der Waals surface area contributed by atoms with Gasteiger partial charge in [0.15, 0.2) is 0 Å². The van der Waals surface area contributed by atoms with Crippen molar-refractivity contribution >= 4 is 5.91 Å². The molecular formula is C11H23N3O. The number of hydrogen-bond acceptors (Lipinski definition) is 3. The van der Waals surface area contributed by atoms with Crippen LogP contribution in [0.25, 0.3) is 0 Å². The number of hydrogen-bond donors (Lipinski definition) is 2. The molecule has 0 saturated carbocycles. The molecule has 0 aromatic carbocycles. The Hall–Kier alpha value is -0.610. The molecule has 4 nitrogen and oxygen atoms in total. The van der Waals surface area contributed by atoms with E-state index in [0.717, 1.165) is 13.0 Å². The Kier molecular flexibility index (Phi) is 5.05. The number of carbonyl (C=O) groups excluding carboxylic acids is 1. The Morgan fingerprint density at radius 2 is 2.00 bits per heavy atom. The minimum Gasteiger partial charge on any atom is -0.298 e. The smallest absolute Gasteiger partial charge is 0.233 e. The van der Waals surface area contributed by atoms with Crippen molar-refractivity contribution in [2.45, 2.75) is 58.0 Å². The molecular weight excluding hydrogens is 190 g/mol. The monoisotopic (exact) mass is 213 g/mol. The fourth-order valence-corrected chi connectivity index (χ4v) is 2.41. The summed E-state index contributed by atoms with van der Waals surface area (Å²) in [6.45, 7) is 5.56. The number of carbonyl (C=O) groups is 1. The second-order valence-electron chi connectivity index (χ2n) is 4.54. The molecule has 1 saturated heterocycles. The SMILES string of the molecule is C[C@@H]1CCC[C@H](C)N1CCCC(=O)NN. The molecule has 1 aliphatic rings. The summed E-state index contributed by atoms with van der Waals surface area (Å²) in [5.74, 6) is 4.97. The number of nitrogens with two attached hydrogens (primary N) is 1. The highest BCUT2D eigenvalue weighted by molar-refractivity contribution is 5.75. The van der Waals surface area contributed by atoms with E-state index >= 15 is 0 Å². The van der Waals surface area contributed by atoms with Crippen LogP contribution in [0.15, 0.2) is 0 Å². The quantitative estimate of drug-likeness (QED) is 0.416. The second-order valence-corrected chi connectivity index (χ2v) is 4.54. The van der Waals surface area contributed by atoms with Gasteiger partial charge in [-0.2, -0.15) is 0 Å². The zero-order valence-electron chi connectivity index (χ0n) is 9.83. The van der Waals surface area contributed by atoms with Gasteiger partial charge in [-0.3, -0.25) is 15.1 Å². The van der Waals surface area contributed by atoms with E-state index in [9.17, 15) is 4.79 Å². The topological polar surface area (TPSA) is 58.4 Å². The van der Waals surface area contributed by atoms with E-state index in [1.165, 1.54) is 19.3 Å². The molecule has 0 aromatic rings. The van der Waals surface area contributed by atoms with Crippen molar-refractivity contribution in [1.29, 1.82) is 0 Å². The van der Waals surface area contributed by atoms with E-state index in [4.69, 9.17) is 5.84 Å². The van der Waals surface area contributed by atoms with Crippen LogP contribution in [0.2, 0.25) is 0 Å². The average Bonchev–Trinajstić information content (AvgIpc) is 2.22. The molecule has 1 rings (SSSR count). The van der Waals surface area contributed by atoms with Crippen LogP contribution in [0.3, 0.4) is 0 Å². The van der Waals surface area contributed by atoms with Gasteiger partial charge in [-0.25, -0.2) is 5.84 Å². The van der Waals surface area contributed by atoms with Crippen LogP contribution in [0.4, 0.5) is 0 Å². The van der Waals surface area contributed by atoms with Crippen molar-refractivity contribution in [2.75, 3.05) is 6.54 Å². The molecule has 0 spiro atoms. The van der Waals surface area contributed by atoms with E-state index < -0.39 is 0 Å². The number of piperidine rings is 1. The molecule has 1 aliphatic heterocycles. The van der Waals surface area contributed by atoms with E-state index in [-0.39, 0.29) is 5.91 Å². The lowest BCUT2D eigenvalue weighted by molar-refractivity contribution is -0.121. The van der Waals surface area contributed by atoms with Crippen LogP contribution >= 0.6 is 0 Å². The predicted octanol–water partition coefficient (Wildman–Crippen LogP) is 1.02. The third-order valence-corrected chi connectivity index (χ3v) is 3.36. The number of rotatable bonds is 4. The van der Waals surface area contributed by atoms with Gasteiger partial charge in [0.1, 0.15) is 0 Å². The Morgan fingerprint density at radius 1 is 1.40 bits per heavy atom. The fourth-order valence-electron chi connectivity index (χ4n) is 2.41. The maximum atomic E-state index is 11.0. The number of likely N-dealkylation sites (tertiary alicyclic amines) is 1. The standard InChI is InChI=1S/C11H23N3O/c1-9-5-3-6-10(2)14(9)8-4-7-11(15)13-12/h9-10H,3-8,12H2,1-2H3,(H,13,15)/t9-,10+. The lowest BCUT2D eigenvalue weighted by Gasteiger charge is -2.39. The molecule has 0 radical (unpaired) electrons. The summed E-state index contributed by atoms with van der Waals surface area (Å²) in [5.41, 5.74) is 2.17. The Labute approximate surface area is 92.2 Å². The summed E-state index contributed by atoms with van der Waals surface area (Å²) in [4.78, 5) is 13.5. The average molecular weight is 213 g/mol. The first-order chi connectivity index (χ1) is 7.15. The third kappa shape index (κ3) is 3.80. The third-order valence-electron chi connectivity index (χ3n) is 3.36. The summed E-state index contributed by atoms with van der Waals surface area (Å²) in [6, 6.07) is 1.32. The van der Waals surface area contributed by atoms with E-state index in [1.54, 1.807) is 0 Å². The minimum absolute atomic E-state index is 0.0627. The van der Waals surface area contributed by atoms with Gasteiger partial charge in [0, 0.05) is 18.5 Å². The zero-order valence-corrected chi connectivity index (χ0v) is 9.83. The Balaban J connectivity index is 2.26.